The summed E-state index contributed by atoms with van der Waals surface area (Å²) in [5.41, 5.74) is 6.12. The maximum absolute atomic E-state index is 12.2. The van der Waals surface area contributed by atoms with Crippen molar-refractivity contribution in [3.63, 3.8) is 0 Å². The highest BCUT2D eigenvalue weighted by molar-refractivity contribution is 5.79. The molecule has 1 fully saturated rings. The summed E-state index contributed by atoms with van der Waals surface area (Å²) in [5.74, 6) is 0.816. The maximum atomic E-state index is 12.2. The number of carbonyl (C=O) groups is 1. The topological polar surface area (TPSA) is 46.3 Å². The molecule has 0 saturated heterocycles. The van der Waals surface area contributed by atoms with E-state index in [0.29, 0.717) is 5.92 Å². The van der Waals surface area contributed by atoms with Crippen LogP contribution in [-0.2, 0) is 4.79 Å². The molecule has 3 nitrogen and oxygen atoms in total. The van der Waals surface area contributed by atoms with E-state index in [2.05, 4.69) is 6.92 Å². The van der Waals surface area contributed by atoms with E-state index in [9.17, 15) is 4.79 Å². The number of hydrogen-bond acceptors (Lipinski definition) is 2. The molecule has 88 valence electrons. The number of rotatable bonds is 3. The van der Waals surface area contributed by atoms with Gasteiger partial charge in [-0.2, -0.15) is 0 Å². The average molecular weight is 212 g/mol. The third kappa shape index (κ3) is 2.71. The molecule has 0 heterocycles. The zero-order valence-corrected chi connectivity index (χ0v) is 10.2. The number of amides is 1. The van der Waals surface area contributed by atoms with Crippen molar-refractivity contribution < 1.29 is 4.79 Å². The quantitative estimate of drug-likeness (QED) is 0.772. The van der Waals surface area contributed by atoms with E-state index < -0.39 is 0 Å². The van der Waals surface area contributed by atoms with E-state index in [1.54, 1.807) is 0 Å². The number of carbonyl (C=O) groups excluding carboxylic acids is 1. The second-order valence-electron chi connectivity index (χ2n) is 4.60. The monoisotopic (exact) mass is 212 g/mol. The Morgan fingerprint density at radius 3 is 2.47 bits per heavy atom. The molecular weight excluding hydrogens is 188 g/mol. The third-order valence-electron chi connectivity index (χ3n) is 3.69. The second-order valence-corrected chi connectivity index (χ2v) is 4.60. The fourth-order valence-corrected chi connectivity index (χ4v) is 2.50. The van der Waals surface area contributed by atoms with E-state index in [1.165, 1.54) is 6.42 Å². The first kappa shape index (κ1) is 12.5. The molecule has 1 rings (SSSR count). The SMILES string of the molecule is CCN(CC)C(=O)C1CCCC(C)C1N. The first-order valence-corrected chi connectivity index (χ1v) is 6.16. The molecule has 0 aromatic rings. The lowest BCUT2D eigenvalue weighted by Crippen LogP contribution is -2.48. The van der Waals surface area contributed by atoms with Crippen LogP contribution in [0.15, 0.2) is 0 Å². The molecule has 3 heteroatoms. The van der Waals surface area contributed by atoms with Crippen LogP contribution in [0.2, 0.25) is 0 Å². The molecule has 0 aromatic carbocycles. The molecule has 2 N–H and O–H groups in total. The fraction of sp³-hybridized carbons (Fsp3) is 0.917. The van der Waals surface area contributed by atoms with Crippen LogP contribution in [0.5, 0.6) is 0 Å². The van der Waals surface area contributed by atoms with Crippen LogP contribution >= 0.6 is 0 Å². The van der Waals surface area contributed by atoms with Gasteiger partial charge in [0.1, 0.15) is 0 Å². The molecule has 3 atom stereocenters. The smallest absolute Gasteiger partial charge is 0.227 e. The zero-order valence-electron chi connectivity index (χ0n) is 10.2. The van der Waals surface area contributed by atoms with Gasteiger partial charge in [-0.15, -0.1) is 0 Å². The summed E-state index contributed by atoms with van der Waals surface area (Å²) in [6.45, 7) is 7.81. The maximum Gasteiger partial charge on any atom is 0.227 e. The molecule has 0 aliphatic heterocycles. The van der Waals surface area contributed by atoms with Crippen LogP contribution in [0.3, 0.4) is 0 Å². The van der Waals surface area contributed by atoms with Gasteiger partial charge in [-0.3, -0.25) is 4.79 Å². The molecule has 0 bridgehead atoms. The van der Waals surface area contributed by atoms with Crippen LogP contribution in [0.4, 0.5) is 0 Å². The number of hydrogen-bond donors (Lipinski definition) is 1. The van der Waals surface area contributed by atoms with Crippen LogP contribution in [0.25, 0.3) is 0 Å². The van der Waals surface area contributed by atoms with Crippen molar-refractivity contribution in [1.29, 1.82) is 0 Å². The summed E-state index contributed by atoms with van der Waals surface area (Å²) >= 11 is 0. The van der Waals surface area contributed by atoms with Crippen molar-refractivity contribution in [2.24, 2.45) is 17.6 Å². The number of nitrogens with zero attached hydrogens (tertiary/aromatic N) is 1. The van der Waals surface area contributed by atoms with Gasteiger partial charge in [-0.05, 0) is 32.6 Å². The normalized spacial score (nSPS) is 31.3. The van der Waals surface area contributed by atoms with E-state index in [0.717, 1.165) is 25.9 Å². The van der Waals surface area contributed by atoms with Gasteiger partial charge >= 0.3 is 0 Å². The fourth-order valence-electron chi connectivity index (χ4n) is 2.50. The van der Waals surface area contributed by atoms with Crippen molar-refractivity contribution in [3.05, 3.63) is 0 Å². The summed E-state index contributed by atoms with van der Waals surface area (Å²) in [5, 5.41) is 0. The van der Waals surface area contributed by atoms with Crippen molar-refractivity contribution in [2.75, 3.05) is 13.1 Å². The van der Waals surface area contributed by atoms with Crippen molar-refractivity contribution in [3.8, 4) is 0 Å². The minimum atomic E-state index is 0.0619. The van der Waals surface area contributed by atoms with Gasteiger partial charge in [0.25, 0.3) is 0 Å². The molecule has 1 aliphatic rings. The van der Waals surface area contributed by atoms with Gasteiger partial charge in [-0.25, -0.2) is 0 Å². The summed E-state index contributed by atoms with van der Waals surface area (Å²) in [6, 6.07) is 0.0619. The van der Waals surface area contributed by atoms with Gasteiger partial charge in [0.2, 0.25) is 5.91 Å². The standard InChI is InChI=1S/C12H24N2O/c1-4-14(5-2)12(15)10-8-6-7-9(3)11(10)13/h9-11H,4-8,13H2,1-3H3. The summed E-state index contributed by atoms with van der Waals surface area (Å²) < 4.78 is 0. The molecule has 1 amide bonds. The molecule has 1 saturated carbocycles. The Morgan fingerprint density at radius 1 is 1.33 bits per heavy atom. The minimum absolute atomic E-state index is 0.0619. The van der Waals surface area contributed by atoms with Crippen molar-refractivity contribution in [2.45, 2.75) is 46.1 Å². The van der Waals surface area contributed by atoms with Gasteiger partial charge in [-0.1, -0.05) is 13.3 Å². The molecule has 1 aliphatic carbocycles. The van der Waals surface area contributed by atoms with Gasteiger partial charge < -0.3 is 10.6 Å². The highest BCUT2D eigenvalue weighted by Gasteiger charge is 2.34. The van der Waals surface area contributed by atoms with E-state index in [4.69, 9.17) is 5.73 Å². The predicted molar refractivity (Wildman–Crippen MR) is 62.4 cm³/mol. The van der Waals surface area contributed by atoms with Crippen molar-refractivity contribution >= 4 is 5.91 Å². The summed E-state index contributed by atoms with van der Waals surface area (Å²) in [6.07, 6.45) is 3.29. The molecule has 0 spiro atoms. The van der Waals surface area contributed by atoms with E-state index in [-0.39, 0.29) is 17.9 Å². The minimum Gasteiger partial charge on any atom is -0.343 e. The van der Waals surface area contributed by atoms with Gasteiger partial charge in [0.05, 0.1) is 5.92 Å². The van der Waals surface area contributed by atoms with E-state index in [1.807, 2.05) is 18.7 Å². The van der Waals surface area contributed by atoms with Crippen molar-refractivity contribution in [1.82, 2.24) is 4.90 Å². The lowest BCUT2D eigenvalue weighted by atomic mass is 9.77. The van der Waals surface area contributed by atoms with Crippen LogP contribution in [0, 0.1) is 11.8 Å². The van der Waals surface area contributed by atoms with E-state index >= 15 is 0 Å². The Bertz CT molecular complexity index is 214. The Labute approximate surface area is 93.0 Å². The first-order valence-electron chi connectivity index (χ1n) is 6.16. The highest BCUT2D eigenvalue weighted by atomic mass is 16.2. The lowest BCUT2D eigenvalue weighted by Gasteiger charge is -2.35. The first-order chi connectivity index (χ1) is 7.11. The summed E-state index contributed by atoms with van der Waals surface area (Å²) in [7, 11) is 0. The Hall–Kier alpha value is -0.570. The lowest BCUT2D eigenvalue weighted by molar-refractivity contribution is -0.137. The second kappa shape index (κ2) is 5.50. The largest absolute Gasteiger partial charge is 0.343 e. The average Bonchev–Trinajstić information content (AvgIpc) is 2.23. The van der Waals surface area contributed by atoms with Gasteiger partial charge in [0, 0.05) is 19.1 Å². The Morgan fingerprint density at radius 2 is 1.93 bits per heavy atom. The van der Waals surface area contributed by atoms with Crippen LogP contribution in [0.1, 0.15) is 40.0 Å². The predicted octanol–water partition coefficient (Wildman–Crippen LogP) is 1.62. The molecular formula is C12H24N2O. The van der Waals surface area contributed by atoms with Crippen LogP contribution in [-0.4, -0.2) is 29.9 Å². The molecule has 0 radical (unpaired) electrons. The third-order valence-corrected chi connectivity index (χ3v) is 3.69. The van der Waals surface area contributed by atoms with Gasteiger partial charge in [0.15, 0.2) is 0 Å². The highest BCUT2D eigenvalue weighted by Crippen LogP contribution is 2.29. The zero-order chi connectivity index (χ0) is 11.4. The Kier molecular flexibility index (Phi) is 4.58. The molecule has 15 heavy (non-hydrogen) atoms. The number of nitrogens with two attached hydrogens (primary N) is 1. The van der Waals surface area contributed by atoms with Crippen LogP contribution < -0.4 is 5.73 Å². The molecule has 3 unspecified atom stereocenters. The molecule has 0 aromatic heterocycles. The summed E-state index contributed by atoms with van der Waals surface area (Å²) in [4.78, 5) is 14.1. The Balaban J connectivity index is 2.65.